The van der Waals surface area contributed by atoms with E-state index in [-0.39, 0.29) is 18.1 Å². The molecule has 2 atom stereocenters. The molecule has 1 amide bonds. The lowest BCUT2D eigenvalue weighted by molar-refractivity contribution is -0.119. The molecule has 2 saturated heterocycles. The zero-order chi connectivity index (χ0) is 20.5. The molecule has 0 spiro atoms. The lowest BCUT2D eigenvalue weighted by atomic mass is 10.1. The van der Waals surface area contributed by atoms with Crippen molar-refractivity contribution in [2.75, 3.05) is 39.9 Å². The van der Waals surface area contributed by atoms with Crippen molar-refractivity contribution in [3.8, 4) is 23.0 Å². The second-order valence-corrected chi connectivity index (χ2v) is 7.12. The van der Waals surface area contributed by atoms with E-state index in [1.165, 1.54) is 0 Å². The van der Waals surface area contributed by atoms with Gasteiger partial charge in [0.1, 0.15) is 17.7 Å². The summed E-state index contributed by atoms with van der Waals surface area (Å²) in [5.74, 6) is 2.71. The highest BCUT2D eigenvalue weighted by Gasteiger charge is 2.50. The Morgan fingerprint density at radius 3 is 2.14 bits per heavy atom. The van der Waals surface area contributed by atoms with E-state index >= 15 is 0 Å². The van der Waals surface area contributed by atoms with Crippen LogP contribution in [0.2, 0.25) is 0 Å². The fourth-order valence-electron chi connectivity index (χ4n) is 4.36. The summed E-state index contributed by atoms with van der Waals surface area (Å²) < 4.78 is 21.9. The largest absolute Gasteiger partial charge is 0.497 e. The average molecular weight is 398 g/mol. The molecule has 29 heavy (non-hydrogen) atoms. The summed E-state index contributed by atoms with van der Waals surface area (Å²) in [6, 6.07) is 11.2. The molecular weight excluding hydrogens is 372 g/mol. The van der Waals surface area contributed by atoms with Crippen LogP contribution in [0.3, 0.4) is 0 Å². The van der Waals surface area contributed by atoms with Crippen LogP contribution in [0.4, 0.5) is 5.69 Å². The number of amides is 1. The predicted molar refractivity (Wildman–Crippen MR) is 109 cm³/mol. The van der Waals surface area contributed by atoms with Crippen LogP contribution in [-0.4, -0.2) is 51.8 Å². The first-order chi connectivity index (χ1) is 14.1. The number of carbonyl (C=O) groups is 1. The van der Waals surface area contributed by atoms with Crippen molar-refractivity contribution >= 4 is 11.6 Å². The molecular formula is C22H26N2O5. The van der Waals surface area contributed by atoms with E-state index in [1.54, 1.807) is 28.4 Å². The Kier molecular flexibility index (Phi) is 5.24. The normalized spacial score (nSPS) is 21.2. The van der Waals surface area contributed by atoms with Crippen LogP contribution in [-0.2, 0) is 4.79 Å². The van der Waals surface area contributed by atoms with Gasteiger partial charge in [0, 0.05) is 23.9 Å². The number of anilines is 1. The van der Waals surface area contributed by atoms with Crippen LogP contribution in [0.1, 0.15) is 24.6 Å². The van der Waals surface area contributed by atoms with Gasteiger partial charge in [0.15, 0.2) is 11.5 Å². The number of carbonyl (C=O) groups excluding carboxylic acids is 1. The highest BCUT2D eigenvalue weighted by Crippen LogP contribution is 2.47. The maximum Gasteiger partial charge on any atom is 0.246 e. The third kappa shape index (κ3) is 3.15. The third-order valence-corrected chi connectivity index (χ3v) is 5.74. The van der Waals surface area contributed by atoms with Crippen molar-refractivity contribution in [2.24, 2.45) is 0 Å². The van der Waals surface area contributed by atoms with E-state index in [4.69, 9.17) is 18.9 Å². The van der Waals surface area contributed by atoms with Crippen molar-refractivity contribution in [3.63, 3.8) is 0 Å². The first kappa shape index (κ1) is 19.4. The molecule has 0 saturated carbocycles. The second-order valence-electron chi connectivity index (χ2n) is 7.12. The number of methoxy groups -OCH3 is 4. The highest BCUT2D eigenvalue weighted by atomic mass is 16.5. The van der Waals surface area contributed by atoms with Crippen molar-refractivity contribution in [1.82, 2.24) is 4.90 Å². The molecule has 0 aromatic heterocycles. The van der Waals surface area contributed by atoms with E-state index in [0.717, 1.165) is 36.4 Å². The topological polar surface area (TPSA) is 60.5 Å². The number of benzene rings is 2. The summed E-state index contributed by atoms with van der Waals surface area (Å²) in [5, 5.41) is 0. The Bertz CT molecular complexity index is 899. The predicted octanol–water partition coefficient (Wildman–Crippen LogP) is 3.23. The van der Waals surface area contributed by atoms with Gasteiger partial charge in [-0.15, -0.1) is 0 Å². The Morgan fingerprint density at radius 1 is 0.862 bits per heavy atom. The van der Waals surface area contributed by atoms with E-state index in [2.05, 4.69) is 4.90 Å². The van der Waals surface area contributed by atoms with E-state index in [9.17, 15) is 4.79 Å². The molecule has 7 nitrogen and oxygen atoms in total. The van der Waals surface area contributed by atoms with E-state index < -0.39 is 0 Å². The monoisotopic (exact) mass is 398 g/mol. The zero-order valence-corrected chi connectivity index (χ0v) is 17.2. The minimum Gasteiger partial charge on any atom is -0.497 e. The van der Waals surface area contributed by atoms with Gasteiger partial charge >= 0.3 is 0 Å². The minimum absolute atomic E-state index is 0.106. The number of hydrogen-bond acceptors (Lipinski definition) is 6. The maximum atomic E-state index is 13.4. The summed E-state index contributed by atoms with van der Waals surface area (Å²) in [5.41, 5.74) is 1.70. The SMILES string of the molecule is COc1ccc(N2C(=O)[C@@H]3CCCN3[C@H]2c2cc(OC)c(OC)cc2OC)cc1. The van der Waals surface area contributed by atoms with E-state index in [0.29, 0.717) is 17.2 Å². The lowest BCUT2D eigenvalue weighted by Crippen LogP contribution is -2.32. The van der Waals surface area contributed by atoms with Gasteiger partial charge in [-0.1, -0.05) is 0 Å². The molecule has 154 valence electrons. The summed E-state index contributed by atoms with van der Waals surface area (Å²) in [6.45, 7) is 0.852. The summed E-state index contributed by atoms with van der Waals surface area (Å²) in [7, 11) is 6.45. The molecule has 2 heterocycles. The fourth-order valence-corrected chi connectivity index (χ4v) is 4.36. The van der Waals surface area contributed by atoms with Crippen LogP contribution in [0.5, 0.6) is 23.0 Å². The summed E-state index contributed by atoms with van der Waals surface area (Å²) in [4.78, 5) is 17.5. The van der Waals surface area contributed by atoms with Gasteiger partial charge in [-0.05, 0) is 43.2 Å². The second kappa shape index (κ2) is 7.83. The molecule has 0 N–H and O–H groups in total. The van der Waals surface area contributed by atoms with Crippen LogP contribution >= 0.6 is 0 Å². The zero-order valence-electron chi connectivity index (χ0n) is 17.2. The van der Waals surface area contributed by atoms with Crippen LogP contribution in [0.25, 0.3) is 0 Å². The molecule has 7 heteroatoms. The number of ether oxygens (including phenoxy) is 4. The van der Waals surface area contributed by atoms with Crippen molar-refractivity contribution in [3.05, 3.63) is 42.0 Å². The Balaban J connectivity index is 1.85. The summed E-state index contributed by atoms with van der Waals surface area (Å²) in [6.07, 6.45) is 1.58. The van der Waals surface area contributed by atoms with Gasteiger partial charge in [-0.25, -0.2) is 0 Å². The summed E-state index contributed by atoms with van der Waals surface area (Å²) >= 11 is 0. The smallest absolute Gasteiger partial charge is 0.246 e. The number of rotatable bonds is 6. The highest BCUT2D eigenvalue weighted by molar-refractivity contribution is 6.00. The van der Waals surface area contributed by atoms with Gasteiger partial charge in [-0.2, -0.15) is 0 Å². The molecule has 0 aliphatic carbocycles. The number of fused-ring (bicyclic) bond motifs is 1. The third-order valence-electron chi connectivity index (χ3n) is 5.74. The fraction of sp³-hybridized carbons (Fsp3) is 0.409. The van der Waals surface area contributed by atoms with E-state index in [1.807, 2.05) is 41.3 Å². The van der Waals surface area contributed by atoms with Gasteiger partial charge in [0.2, 0.25) is 5.91 Å². The van der Waals surface area contributed by atoms with Crippen LogP contribution < -0.4 is 23.8 Å². The van der Waals surface area contributed by atoms with Gasteiger partial charge in [-0.3, -0.25) is 14.6 Å². The quantitative estimate of drug-likeness (QED) is 0.745. The van der Waals surface area contributed by atoms with Crippen molar-refractivity contribution < 1.29 is 23.7 Å². The van der Waals surface area contributed by atoms with Gasteiger partial charge in [0.25, 0.3) is 0 Å². The molecule has 0 radical (unpaired) electrons. The molecule has 0 unspecified atom stereocenters. The molecule has 0 bridgehead atoms. The maximum absolute atomic E-state index is 13.4. The Hall–Kier alpha value is -2.93. The van der Waals surface area contributed by atoms with Crippen LogP contribution in [0, 0.1) is 0 Å². The van der Waals surface area contributed by atoms with Crippen molar-refractivity contribution in [2.45, 2.75) is 25.0 Å². The lowest BCUT2D eigenvalue weighted by Gasteiger charge is -2.31. The molecule has 2 aromatic carbocycles. The molecule has 2 fully saturated rings. The first-order valence-electron chi connectivity index (χ1n) is 9.65. The minimum atomic E-state index is -0.279. The first-order valence-corrected chi connectivity index (χ1v) is 9.65. The Morgan fingerprint density at radius 2 is 1.52 bits per heavy atom. The number of nitrogens with zero attached hydrogens (tertiary/aromatic N) is 2. The standard InChI is InChI=1S/C22H26N2O5/c1-26-15-9-7-14(8-10-15)24-21(23-11-5-6-17(23)22(24)25)16-12-19(28-3)20(29-4)13-18(16)27-2/h7-10,12-13,17,21H,5-6,11H2,1-4H3/t17-,21+/m0/s1. The molecule has 2 aliphatic heterocycles. The average Bonchev–Trinajstić information content (AvgIpc) is 3.35. The molecule has 2 aliphatic rings. The molecule has 4 rings (SSSR count). The molecule has 2 aromatic rings. The van der Waals surface area contributed by atoms with Crippen LogP contribution in [0.15, 0.2) is 36.4 Å². The number of hydrogen-bond donors (Lipinski definition) is 0. The van der Waals surface area contributed by atoms with Gasteiger partial charge in [0.05, 0.1) is 34.5 Å². The van der Waals surface area contributed by atoms with Gasteiger partial charge < -0.3 is 18.9 Å². The Labute approximate surface area is 170 Å². The van der Waals surface area contributed by atoms with Crippen molar-refractivity contribution in [1.29, 1.82) is 0 Å².